The number of piperazine rings is 1. The number of carbonyl (C=O) groups excluding carboxylic acids is 1. The first-order chi connectivity index (χ1) is 14.9. The standard InChI is InChI=1S/C23H28ClN3O3S/c24-22-12-11-20(17-21(22)23(28)25-18-7-3-1-4-8-18)31(29,30)27-15-13-26(14-16-27)19-9-5-2-6-10-19/h2,5-6,9-12,17-18H,1,3-4,7-8,13-16H2,(H,25,28). The molecule has 8 heteroatoms. The highest BCUT2D eigenvalue weighted by atomic mass is 35.5. The van der Waals surface area contributed by atoms with Crippen molar-refractivity contribution in [3.05, 3.63) is 59.1 Å². The van der Waals surface area contributed by atoms with E-state index < -0.39 is 10.0 Å². The summed E-state index contributed by atoms with van der Waals surface area (Å²) in [4.78, 5) is 15.1. The number of benzene rings is 2. The Bertz CT molecular complexity index is 1020. The molecule has 1 N–H and O–H groups in total. The Morgan fingerprint density at radius 3 is 2.29 bits per heavy atom. The van der Waals surface area contributed by atoms with Crippen LogP contribution in [0.25, 0.3) is 0 Å². The molecule has 1 amide bonds. The minimum Gasteiger partial charge on any atom is -0.369 e. The van der Waals surface area contributed by atoms with E-state index >= 15 is 0 Å². The molecule has 0 atom stereocenters. The number of nitrogens with one attached hydrogen (secondary N) is 1. The highest BCUT2D eigenvalue weighted by molar-refractivity contribution is 7.89. The molecule has 0 bridgehead atoms. The van der Waals surface area contributed by atoms with Gasteiger partial charge in [0.1, 0.15) is 0 Å². The quantitative estimate of drug-likeness (QED) is 0.732. The van der Waals surface area contributed by atoms with Gasteiger partial charge in [0.15, 0.2) is 0 Å². The Labute approximate surface area is 189 Å². The van der Waals surface area contributed by atoms with Gasteiger partial charge in [-0.2, -0.15) is 4.31 Å². The first kappa shape index (κ1) is 22.1. The average Bonchev–Trinajstić information content (AvgIpc) is 2.80. The van der Waals surface area contributed by atoms with E-state index in [1.165, 1.54) is 28.9 Å². The average molecular weight is 462 g/mol. The van der Waals surface area contributed by atoms with E-state index in [1.807, 2.05) is 30.3 Å². The van der Waals surface area contributed by atoms with Crippen LogP contribution in [-0.2, 0) is 10.0 Å². The lowest BCUT2D eigenvalue weighted by molar-refractivity contribution is 0.0927. The maximum Gasteiger partial charge on any atom is 0.253 e. The molecule has 0 unspecified atom stereocenters. The number of para-hydroxylation sites is 1. The molecule has 6 nitrogen and oxygen atoms in total. The van der Waals surface area contributed by atoms with Crippen molar-refractivity contribution in [2.24, 2.45) is 0 Å². The van der Waals surface area contributed by atoms with Crippen LogP contribution in [-0.4, -0.2) is 50.9 Å². The van der Waals surface area contributed by atoms with Crippen LogP contribution >= 0.6 is 11.6 Å². The number of rotatable bonds is 5. The van der Waals surface area contributed by atoms with Crippen LogP contribution in [0.1, 0.15) is 42.5 Å². The molecule has 1 heterocycles. The SMILES string of the molecule is O=C(NC1CCCCC1)c1cc(S(=O)(=O)N2CCN(c3ccccc3)CC2)ccc1Cl. The highest BCUT2D eigenvalue weighted by Crippen LogP contribution is 2.26. The number of nitrogens with zero attached hydrogens (tertiary/aromatic N) is 2. The number of anilines is 1. The molecule has 4 rings (SSSR count). The van der Waals surface area contributed by atoms with Gasteiger partial charge in [-0.3, -0.25) is 4.79 Å². The van der Waals surface area contributed by atoms with E-state index in [1.54, 1.807) is 0 Å². The summed E-state index contributed by atoms with van der Waals surface area (Å²) in [5.74, 6) is -0.303. The van der Waals surface area contributed by atoms with Gasteiger partial charge in [0.25, 0.3) is 5.91 Å². The Hall–Kier alpha value is -2.09. The van der Waals surface area contributed by atoms with Crippen molar-refractivity contribution in [3.63, 3.8) is 0 Å². The molecule has 1 aliphatic heterocycles. The molecule has 1 saturated heterocycles. The summed E-state index contributed by atoms with van der Waals surface area (Å²) >= 11 is 6.26. The second kappa shape index (κ2) is 9.59. The van der Waals surface area contributed by atoms with Crippen molar-refractivity contribution < 1.29 is 13.2 Å². The summed E-state index contributed by atoms with van der Waals surface area (Å²) in [6.07, 6.45) is 5.29. The maximum atomic E-state index is 13.2. The second-order valence-electron chi connectivity index (χ2n) is 8.18. The van der Waals surface area contributed by atoms with Crippen LogP contribution in [0.4, 0.5) is 5.69 Å². The van der Waals surface area contributed by atoms with Gasteiger partial charge in [-0.25, -0.2) is 8.42 Å². The summed E-state index contributed by atoms with van der Waals surface area (Å²) in [5.41, 5.74) is 1.31. The molecule has 0 radical (unpaired) electrons. The number of carbonyl (C=O) groups is 1. The molecule has 0 spiro atoms. The topological polar surface area (TPSA) is 69.7 Å². The Morgan fingerprint density at radius 1 is 0.935 bits per heavy atom. The number of hydrogen-bond donors (Lipinski definition) is 1. The van der Waals surface area contributed by atoms with Crippen LogP contribution in [0, 0.1) is 0 Å². The lowest BCUT2D eigenvalue weighted by atomic mass is 9.95. The zero-order valence-corrected chi connectivity index (χ0v) is 19.0. The molecule has 2 fully saturated rings. The third-order valence-electron chi connectivity index (χ3n) is 6.12. The number of amides is 1. The van der Waals surface area contributed by atoms with Gasteiger partial charge >= 0.3 is 0 Å². The lowest BCUT2D eigenvalue weighted by Gasteiger charge is -2.35. The third kappa shape index (κ3) is 5.05. The summed E-state index contributed by atoms with van der Waals surface area (Å²) in [5, 5.41) is 3.28. The maximum absolute atomic E-state index is 13.2. The van der Waals surface area contributed by atoms with Gasteiger partial charge in [0.2, 0.25) is 10.0 Å². The second-order valence-corrected chi connectivity index (χ2v) is 10.5. The molecule has 31 heavy (non-hydrogen) atoms. The van der Waals surface area contributed by atoms with Crippen molar-refractivity contribution in [3.8, 4) is 0 Å². The van der Waals surface area contributed by atoms with Gasteiger partial charge < -0.3 is 10.2 Å². The van der Waals surface area contributed by atoms with Gasteiger partial charge in [-0.1, -0.05) is 49.1 Å². The van der Waals surface area contributed by atoms with Crippen LogP contribution in [0.2, 0.25) is 5.02 Å². The van der Waals surface area contributed by atoms with E-state index in [4.69, 9.17) is 11.6 Å². The van der Waals surface area contributed by atoms with Crippen molar-refractivity contribution in [1.82, 2.24) is 9.62 Å². The summed E-state index contributed by atoms with van der Waals surface area (Å²) < 4.78 is 28.0. The third-order valence-corrected chi connectivity index (χ3v) is 8.34. The van der Waals surface area contributed by atoms with E-state index in [2.05, 4.69) is 10.2 Å². The fourth-order valence-electron chi connectivity index (χ4n) is 4.32. The van der Waals surface area contributed by atoms with Crippen molar-refractivity contribution in [2.75, 3.05) is 31.1 Å². The number of hydrogen-bond acceptors (Lipinski definition) is 4. The van der Waals surface area contributed by atoms with Gasteiger partial charge in [-0.05, 0) is 43.2 Å². The molecule has 0 aromatic heterocycles. The highest BCUT2D eigenvalue weighted by Gasteiger charge is 2.30. The van der Waals surface area contributed by atoms with Crippen LogP contribution < -0.4 is 10.2 Å². The molecule has 1 aliphatic carbocycles. The summed E-state index contributed by atoms with van der Waals surface area (Å²) in [6, 6.07) is 14.5. The molecule has 1 saturated carbocycles. The first-order valence-corrected chi connectivity index (χ1v) is 12.7. The molecule has 166 valence electrons. The van der Waals surface area contributed by atoms with Gasteiger partial charge in [0.05, 0.1) is 15.5 Å². The molecule has 2 aliphatic rings. The zero-order valence-electron chi connectivity index (χ0n) is 17.5. The monoisotopic (exact) mass is 461 g/mol. The molecular weight excluding hydrogens is 434 g/mol. The summed E-state index contributed by atoms with van der Waals surface area (Å²) in [6.45, 7) is 2.02. The number of sulfonamides is 1. The molecule has 2 aromatic rings. The van der Waals surface area contributed by atoms with Crippen LogP contribution in [0.15, 0.2) is 53.4 Å². The Morgan fingerprint density at radius 2 is 1.61 bits per heavy atom. The minimum atomic E-state index is -3.71. The zero-order chi connectivity index (χ0) is 21.8. The Kier molecular flexibility index (Phi) is 6.84. The number of halogens is 1. The Balaban J connectivity index is 1.47. The predicted octanol–water partition coefficient (Wildman–Crippen LogP) is 3.91. The minimum absolute atomic E-state index is 0.110. The van der Waals surface area contributed by atoms with Crippen LogP contribution in [0.5, 0.6) is 0 Å². The van der Waals surface area contributed by atoms with Crippen molar-refractivity contribution in [1.29, 1.82) is 0 Å². The first-order valence-electron chi connectivity index (χ1n) is 10.9. The van der Waals surface area contributed by atoms with Crippen LogP contribution in [0.3, 0.4) is 0 Å². The normalized spacial score (nSPS) is 18.7. The van der Waals surface area contributed by atoms with Crippen molar-refractivity contribution in [2.45, 2.75) is 43.0 Å². The largest absolute Gasteiger partial charge is 0.369 e. The fourth-order valence-corrected chi connectivity index (χ4v) is 5.98. The molecule has 2 aromatic carbocycles. The van der Waals surface area contributed by atoms with E-state index in [9.17, 15) is 13.2 Å². The molecular formula is C23H28ClN3O3S. The van der Waals surface area contributed by atoms with Gasteiger partial charge in [0, 0.05) is 37.9 Å². The van der Waals surface area contributed by atoms with Gasteiger partial charge in [-0.15, -0.1) is 0 Å². The van der Waals surface area contributed by atoms with E-state index in [0.717, 1.165) is 31.4 Å². The fraction of sp³-hybridized carbons (Fsp3) is 0.435. The van der Waals surface area contributed by atoms with Crippen molar-refractivity contribution >= 4 is 33.2 Å². The van der Waals surface area contributed by atoms with E-state index in [0.29, 0.717) is 26.2 Å². The predicted molar refractivity (Wildman–Crippen MR) is 123 cm³/mol. The lowest BCUT2D eigenvalue weighted by Crippen LogP contribution is -2.48. The summed E-state index contributed by atoms with van der Waals surface area (Å²) in [7, 11) is -3.71. The smallest absolute Gasteiger partial charge is 0.253 e. The van der Waals surface area contributed by atoms with E-state index in [-0.39, 0.29) is 27.4 Å².